The summed E-state index contributed by atoms with van der Waals surface area (Å²) in [5, 5.41) is 2.76. The standard InChI is InChI=1S/C21H26FN3O4S/c1-30(27,28)25(20-7-5-19(22)6-8-20)16-21(26)23-14-17-3-2-4-18(13-17)15-24-9-11-29-12-10-24/h2-8,13H,9-12,14-16H2,1H3,(H,23,26). The molecule has 1 aliphatic rings. The summed E-state index contributed by atoms with van der Waals surface area (Å²) < 4.78 is 43.7. The SMILES string of the molecule is CS(=O)(=O)N(CC(=O)NCc1cccc(CN2CCOCC2)c1)c1ccc(F)cc1. The van der Waals surface area contributed by atoms with Gasteiger partial charge < -0.3 is 10.1 Å². The van der Waals surface area contributed by atoms with E-state index in [-0.39, 0.29) is 18.8 Å². The molecule has 0 radical (unpaired) electrons. The van der Waals surface area contributed by atoms with Gasteiger partial charge in [-0.3, -0.25) is 14.0 Å². The molecule has 2 aromatic rings. The molecule has 9 heteroatoms. The van der Waals surface area contributed by atoms with Crippen molar-refractivity contribution in [1.29, 1.82) is 0 Å². The zero-order valence-electron chi connectivity index (χ0n) is 16.9. The Morgan fingerprint density at radius 2 is 1.80 bits per heavy atom. The molecular weight excluding hydrogens is 409 g/mol. The first-order chi connectivity index (χ1) is 14.3. The minimum atomic E-state index is -3.70. The summed E-state index contributed by atoms with van der Waals surface area (Å²) in [6.45, 7) is 3.99. The highest BCUT2D eigenvalue weighted by Crippen LogP contribution is 2.17. The van der Waals surface area contributed by atoms with Gasteiger partial charge in [0, 0.05) is 26.2 Å². The molecule has 1 saturated heterocycles. The average molecular weight is 436 g/mol. The fourth-order valence-corrected chi connectivity index (χ4v) is 4.11. The first-order valence-corrected chi connectivity index (χ1v) is 11.5. The van der Waals surface area contributed by atoms with Crippen LogP contribution in [-0.4, -0.2) is 58.3 Å². The molecule has 0 saturated carbocycles. The lowest BCUT2D eigenvalue weighted by Crippen LogP contribution is -2.40. The Morgan fingerprint density at radius 1 is 1.13 bits per heavy atom. The van der Waals surface area contributed by atoms with E-state index in [1.54, 1.807) is 0 Å². The smallest absolute Gasteiger partial charge is 0.241 e. The van der Waals surface area contributed by atoms with Crippen molar-refractivity contribution in [1.82, 2.24) is 10.2 Å². The van der Waals surface area contributed by atoms with Gasteiger partial charge in [-0.05, 0) is 35.4 Å². The van der Waals surface area contributed by atoms with Crippen LogP contribution in [0.5, 0.6) is 0 Å². The van der Waals surface area contributed by atoms with E-state index in [1.165, 1.54) is 12.1 Å². The molecule has 0 spiro atoms. The molecule has 1 amide bonds. The lowest BCUT2D eigenvalue weighted by Gasteiger charge is -2.26. The molecule has 0 aromatic heterocycles. The van der Waals surface area contributed by atoms with Gasteiger partial charge >= 0.3 is 0 Å². The number of carbonyl (C=O) groups excluding carboxylic acids is 1. The summed E-state index contributed by atoms with van der Waals surface area (Å²) in [5.41, 5.74) is 2.32. The third-order valence-corrected chi connectivity index (χ3v) is 5.93. The molecule has 3 rings (SSSR count). The molecule has 0 bridgehead atoms. The van der Waals surface area contributed by atoms with Crippen LogP contribution in [0, 0.1) is 5.82 Å². The van der Waals surface area contributed by atoms with Gasteiger partial charge in [0.1, 0.15) is 12.4 Å². The van der Waals surface area contributed by atoms with Gasteiger partial charge in [-0.2, -0.15) is 0 Å². The molecule has 162 valence electrons. The topological polar surface area (TPSA) is 79.0 Å². The van der Waals surface area contributed by atoms with Crippen molar-refractivity contribution in [3.63, 3.8) is 0 Å². The van der Waals surface area contributed by atoms with Gasteiger partial charge in [0.2, 0.25) is 15.9 Å². The van der Waals surface area contributed by atoms with Crippen LogP contribution in [0.15, 0.2) is 48.5 Å². The van der Waals surface area contributed by atoms with Crippen molar-refractivity contribution in [3.05, 3.63) is 65.5 Å². The average Bonchev–Trinajstić information content (AvgIpc) is 2.72. The Kier molecular flexibility index (Phi) is 7.41. The Hall–Kier alpha value is -2.49. The molecule has 2 aromatic carbocycles. The molecule has 1 N–H and O–H groups in total. The minimum Gasteiger partial charge on any atom is -0.379 e. The summed E-state index contributed by atoms with van der Waals surface area (Å²) in [4.78, 5) is 14.7. The Morgan fingerprint density at radius 3 is 2.47 bits per heavy atom. The van der Waals surface area contributed by atoms with Gasteiger partial charge in [0.15, 0.2) is 0 Å². The number of carbonyl (C=O) groups is 1. The molecule has 0 aliphatic carbocycles. The van der Waals surface area contributed by atoms with Crippen molar-refractivity contribution in [3.8, 4) is 0 Å². The zero-order chi connectivity index (χ0) is 21.6. The van der Waals surface area contributed by atoms with E-state index in [1.807, 2.05) is 24.3 Å². The highest BCUT2D eigenvalue weighted by atomic mass is 32.2. The van der Waals surface area contributed by atoms with Gasteiger partial charge in [0.25, 0.3) is 0 Å². The molecule has 7 nitrogen and oxygen atoms in total. The Balaban J connectivity index is 1.58. The fraction of sp³-hybridized carbons (Fsp3) is 0.381. The van der Waals surface area contributed by atoms with Gasteiger partial charge in [0.05, 0.1) is 25.2 Å². The predicted molar refractivity (Wildman–Crippen MR) is 113 cm³/mol. The van der Waals surface area contributed by atoms with E-state index in [0.717, 1.165) is 66.7 Å². The van der Waals surface area contributed by atoms with Crippen LogP contribution in [0.25, 0.3) is 0 Å². The van der Waals surface area contributed by atoms with Crippen molar-refractivity contribution in [2.24, 2.45) is 0 Å². The predicted octanol–water partition coefficient (Wildman–Crippen LogP) is 1.74. The summed E-state index contributed by atoms with van der Waals surface area (Å²) in [6, 6.07) is 12.9. The normalized spacial score (nSPS) is 15.0. The lowest BCUT2D eigenvalue weighted by molar-refractivity contribution is -0.119. The van der Waals surface area contributed by atoms with Crippen LogP contribution < -0.4 is 9.62 Å². The highest BCUT2D eigenvalue weighted by molar-refractivity contribution is 7.92. The fourth-order valence-electron chi connectivity index (χ4n) is 3.25. The van der Waals surface area contributed by atoms with E-state index in [2.05, 4.69) is 10.2 Å². The second-order valence-corrected chi connectivity index (χ2v) is 9.14. The number of hydrogen-bond acceptors (Lipinski definition) is 5. The van der Waals surface area contributed by atoms with Gasteiger partial charge in [-0.1, -0.05) is 24.3 Å². The van der Waals surface area contributed by atoms with Crippen LogP contribution in [0.1, 0.15) is 11.1 Å². The van der Waals surface area contributed by atoms with Crippen molar-refractivity contribution in [2.45, 2.75) is 13.1 Å². The third kappa shape index (κ3) is 6.51. The van der Waals surface area contributed by atoms with E-state index in [9.17, 15) is 17.6 Å². The van der Waals surface area contributed by atoms with Gasteiger partial charge in [-0.15, -0.1) is 0 Å². The Labute approximate surface area is 176 Å². The number of sulfonamides is 1. The number of amides is 1. The van der Waals surface area contributed by atoms with Crippen LogP contribution in [0.2, 0.25) is 0 Å². The maximum Gasteiger partial charge on any atom is 0.241 e. The number of nitrogens with zero attached hydrogens (tertiary/aromatic N) is 2. The van der Waals surface area contributed by atoms with Crippen molar-refractivity contribution >= 4 is 21.6 Å². The summed E-state index contributed by atoms with van der Waals surface area (Å²) >= 11 is 0. The van der Waals surface area contributed by atoms with E-state index >= 15 is 0 Å². The molecule has 0 unspecified atom stereocenters. The first kappa shape index (κ1) is 22.2. The number of ether oxygens (including phenoxy) is 1. The van der Waals surface area contributed by atoms with Crippen LogP contribution in [0.3, 0.4) is 0 Å². The molecular formula is C21H26FN3O4S. The molecule has 1 heterocycles. The lowest BCUT2D eigenvalue weighted by atomic mass is 10.1. The molecule has 1 aliphatic heterocycles. The Bertz CT molecular complexity index is 960. The first-order valence-electron chi connectivity index (χ1n) is 9.69. The number of hydrogen-bond donors (Lipinski definition) is 1. The molecule has 0 atom stereocenters. The second kappa shape index (κ2) is 10.0. The van der Waals surface area contributed by atoms with E-state index in [0.29, 0.717) is 0 Å². The maximum atomic E-state index is 13.1. The summed E-state index contributed by atoms with van der Waals surface area (Å²) in [6.07, 6.45) is 1.01. The molecule has 1 fully saturated rings. The number of benzene rings is 2. The van der Waals surface area contributed by atoms with Gasteiger partial charge in [-0.25, -0.2) is 12.8 Å². The van der Waals surface area contributed by atoms with Crippen molar-refractivity contribution < 1.29 is 22.3 Å². The summed E-state index contributed by atoms with van der Waals surface area (Å²) in [5.74, 6) is -0.919. The highest BCUT2D eigenvalue weighted by Gasteiger charge is 2.20. The number of halogens is 1. The van der Waals surface area contributed by atoms with E-state index in [4.69, 9.17) is 4.74 Å². The van der Waals surface area contributed by atoms with E-state index < -0.39 is 21.7 Å². The summed E-state index contributed by atoms with van der Waals surface area (Å²) in [7, 11) is -3.70. The quantitative estimate of drug-likeness (QED) is 0.683. The minimum absolute atomic E-state index is 0.238. The monoisotopic (exact) mass is 435 g/mol. The zero-order valence-corrected chi connectivity index (χ0v) is 17.7. The molecule has 30 heavy (non-hydrogen) atoms. The number of morpholine rings is 1. The number of anilines is 1. The largest absolute Gasteiger partial charge is 0.379 e. The second-order valence-electron chi connectivity index (χ2n) is 7.23. The number of rotatable bonds is 8. The van der Waals surface area contributed by atoms with Crippen LogP contribution in [-0.2, 0) is 32.6 Å². The van der Waals surface area contributed by atoms with Crippen LogP contribution >= 0.6 is 0 Å². The third-order valence-electron chi connectivity index (χ3n) is 4.79. The number of nitrogens with one attached hydrogen (secondary N) is 1. The maximum absolute atomic E-state index is 13.1. The van der Waals surface area contributed by atoms with Crippen molar-refractivity contribution in [2.75, 3.05) is 43.4 Å². The van der Waals surface area contributed by atoms with Crippen LogP contribution in [0.4, 0.5) is 10.1 Å².